The van der Waals surface area contributed by atoms with E-state index in [1.807, 2.05) is 0 Å². The van der Waals surface area contributed by atoms with E-state index >= 15 is 4.39 Å². The number of rotatable bonds is 4. The zero-order valence-electron chi connectivity index (χ0n) is 22.6. The first kappa shape index (κ1) is 25.2. The van der Waals surface area contributed by atoms with E-state index in [9.17, 15) is 4.79 Å². The summed E-state index contributed by atoms with van der Waals surface area (Å²) in [7, 11) is 1.55. The molecule has 11 nitrogen and oxygen atoms in total. The van der Waals surface area contributed by atoms with Crippen LogP contribution in [0.5, 0.6) is 11.8 Å². The van der Waals surface area contributed by atoms with Gasteiger partial charge >= 0.3 is 12.1 Å². The van der Waals surface area contributed by atoms with Crippen LogP contribution in [0.3, 0.4) is 0 Å². The molecule has 1 aromatic carbocycles. The number of nitrogens with two attached hydrogens (primary N) is 1. The molecule has 1 aliphatic carbocycles. The van der Waals surface area contributed by atoms with Gasteiger partial charge in [-0.15, -0.1) is 0 Å². The number of aromatic nitrogens is 5. The number of ether oxygens (including phenoxy) is 2. The van der Waals surface area contributed by atoms with Crippen LogP contribution in [0.2, 0.25) is 0 Å². The molecule has 204 valence electrons. The fourth-order valence-corrected chi connectivity index (χ4v) is 5.24. The van der Waals surface area contributed by atoms with Crippen LogP contribution < -0.4 is 20.3 Å². The molecule has 0 unspecified atom stereocenters. The minimum Gasteiger partial charge on any atom is -0.443 e. The smallest absolute Gasteiger partial charge is 0.414 e. The van der Waals surface area contributed by atoms with E-state index < -0.39 is 17.5 Å². The Hall–Kier alpha value is -4.06. The molecule has 6 rings (SSSR count). The Kier molecular flexibility index (Phi) is 5.65. The van der Waals surface area contributed by atoms with Crippen LogP contribution in [-0.4, -0.2) is 62.8 Å². The quantitative estimate of drug-likeness (QED) is 0.389. The maximum absolute atomic E-state index is 15.1. The maximum atomic E-state index is 15.1. The van der Waals surface area contributed by atoms with Crippen molar-refractivity contribution in [1.29, 1.82) is 0 Å². The fraction of sp³-hybridized carbons (Fsp3) is 0.444. The molecule has 0 bridgehead atoms. The molecular weight excluding hydrogens is 503 g/mol. The summed E-state index contributed by atoms with van der Waals surface area (Å²) in [4.78, 5) is 37.4. The minimum absolute atomic E-state index is 0.0720. The number of nitrogens with one attached hydrogen (secondary N) is 1. The molecule has 4 aromatic rings. The number of fused-ring (bicyclic) bond motifs is 3. The topological polar surface area (TPSA) is 135 Å². The number of benzene rings is 1. The highest BCUT2D eigenvalue weighted by Crippen LogP contribution is 2.53. The summed E-state index contributed by atoms with van der Waals surface area (Å²) >= 11 is 0. The minimum atomic E-state index is -0.710. The van der Waals surface area contributed by atoms with Crippen LogP contribution in [0.1, 0.15) is 39.4 Å². The van der Waals surface area contributed by atoms with Crippen LogP contribution >= 0.6 is 0 Å². The number of aromatic amines is 1. The summed E-state index contributed by atoms with van der Waals surface area (Å²) < 4.78 is 26.5. The van der Waals surface area contributed by atoms with Gasteiger partial charge in [-0.05, 0) is 52.7 Å². The zero-order valence-corrected chi connectivity index (χ0v) is 22.6. The Morgan fingerprint density at radius 2 is 1.97 bits per heavy atom. The number of hydrogen-bond acceptors (Lipinski definition) is 9. The lowest BCUT2D eigenvalue weighted by molar-refractivity contribution is 0.0589. The van der Waals surface area contributed by atoms with Crippen LogP contribution in [-0.2, 0) is 4.74 Å². The lowest BCUT2D eigenvalue weighted by atomic mass is 10.1. The Morgan fingerprint density at radius 1 is 1.26 bits per heavy atom. The largest absolute Gasteiger partial charge is 0.443 e. The van der Waals surface area contributed by atoms with Crippen molar-refractivity contribution in [3.63, 3.8) is 0 Å². The summed E-state index contributed by atoms with van der Waals surface area (Å²) in [5.41, 5.74) is 6.93. The Balaban J connectivity index is 1.50. The van der Waals surface area contributed by atoms with Gasteiger partial charge in [0, 0.05) is 37.0 Å². The van der Waals surface area contributed by atoms with E-state index in [2.05, 4.69) is 24.8 Å². The highest BCUT2D eigenvalue weighted by atomic mass is 19.1. The third-order valence-corrected chi connectivity index (χ3v) is 7.40. The number of carbonyl (C=O) groups excluding carboxylic acids is 1. The van der Waals surface area contributed by atoms with Crippen molar-refractivity contribution >= 4 is 39.5 Å². The normalized spacial score (nSPS) is 20.7. The lowest BCUT2D eigenvalue weighted by Gasteiger charge is -2.25. The average molecular weight is 535 g/mol. The fourth-order valence-electron chi connectivity index (χ4n) is 5.24. The van der Waals surface area contributed by atoms with Crippen molar-refractivity contribution in [3.05, 3.63) is 36.2 Å². The summed E-state index contributed by atoms with van der Waals surface area (Å²) in [6.07, 6.45) is 4.42. The number of aryl methyl sites for hydroxylation is 1. The molecule has 1 amide bonds. The molecule has 2 aliphatic rings. The van der Waals surface area contributed by atoms with E-state index in [0.29, 0.717) is 45.0 Å². The van der Waals surface area contributed by atoms with E-state index in [1.54, 1.807) is 47.1 Å². The van der Waals surface area contributed by atoms with Gasteiger partial charge in [0.25, 0.3) is 0 Å². The van der Waals surface area contributed by atoms with Gasteiger partial charge in [-0.3, -0.25) is 4.90 Å². The van der Waals surface area contributed by atoms with Crippen molar-refractivity contribution in [1.82, 2.24) is 24.9 Å². The second kappa shape index (κ2) is 8.73. The lowest BCUT2D eigenvalue weighted by Crippen LogP contribution is -2.34. The third-order valence-electron chi connectivity index (χ3n) is 7.40. The van der Waals surface area contributed by atoms with Gasteiger partial charge in [0.05, 0.1) is 29.0 Å². The molecule has 3 N–H and O–H groups in total. The predicted octanol–water partition coefficient (Wildman–Crippen LogP) is 4.44. The van der Waals surface area contributed by atoms with E-state index in [-0.39, 0.29) is 17.5 Å². The van der Waals surface area contributed by atoms with Gasteiger partial charge in [0.2, 0.25) is 0 Å². The summed E-state index contributed by atoms with van der Waals surface area (Å²) in [6, 6.07) is 2.98. The number of halogens is 1. The first-order chi connectivity index (χ1) is 18.4. The molecule has 1 spiro atoms. The molecule has 1 saturated heterocycles. The monoisotopic (exact) mass is 534 g/mol. The van der Waals surface area contributed by atoms with Crippen molar-refractivity contribution in [2.75, 3.05) is 29.9 Å². The van der Waals surface area contributed by atoms with Crippen molar-refractivity contribution in [2.24, 2.45) is 11.1 Å². The van der Waals surface area contributed by atoms with Gasteiger partial charge in [0.1, 0.15) is 28.7 Å². The Morgan fingerprint density at radius 3 is 2.62 bits per heavy atom. The Bertz CT molecular complexity index is 1600. The molecule has 39 heavy (non-hydrogen) atoms. The number of H-pyrrole nitrogens is 1. The van der Waals surface area contributed by atoms with Crippen molar-refractivity contribution in [2.45, 2.75) is 52.2 Å². The molecule has 1 saturated carbocycles. The summed E-state index contributed by atoms with van der Waals surface area (Å²) in [5.74, 6) is 1.11. The molecule has 2 fully saturated rings. The summed E-state index contributed by atoms with van der Waals surface area (Å²) in [6.45, 7) is 8.60. The molecular formula is C27H31FN8O3. The number of hydrogen-bond donors (Lipinski definition) is 2. The highest BCUT2D eigenvalue weighted by molar-refractivity contribution is 6.16. The predicted molar refractivity (Wildman–Crippen MR) is 145 cm³/mol. The van der Waals surface area contributed by atoms with E-state index in [4.69, 9.17) is 20.2 Å². The number of carbonyl (C=O) groups is 1. The first-order valence-corrected chi connectivity index (χ1v) is 12.9. The number of anilines is 2. The van der Waals surface area contributed by atoms with Crippen molar-refractivity contribution in [3.8, 4) is 11.8 Å². The number of amides is 1. The van der Waals surface area contributed by atoms with E-state index in [1.165, 1.54) is 17.0 Å². The Labute approximate surface area is 224 Å². The van der Waals surface area contributed by atoms with Gasteiger partial charge in [-0.1, -0.05) is 0 Å². The molecule has 0 radical (unpaired) electrons. The molecule has 1 aliphatic heterocycles. The SMILES string of the molecule is Cc1ncc(Oc2nc(N3CC[C@]4(C[C@@H]4N)C3)c3c(n2)[nH]c2c(N(C)C(=O)OC(C)(C)C)cc(F)cc23)cn1. The van der Waals surface area contributed by atoms with Crippen LogP contribution in [0.4, 0.5) is 20.7 Å². The molecule has 12 heteroatoms. The molecule has 2 atom stereocenters. The van der Waals surface area contributed by atoms with Gasteiger partial charge in [-0.2, -0.15) is 9.97 Å². The van der Waals surface area contributed by atoms with Gasteiger partial charge in [0.15, 0.2) is 5.75 Å². The second-order valence-corrected chi connectivity index (χ2v) is 11.5. The number of nitrogens with zero attached hydrogens (tertiary/aromatic N) is 6. The maximum Gasteiger partial charge on any atom is 0.414 e. The van der Waals surface area contributed by atoms with Crippen LogP contribution in [0, 0.1) is 18.2 Å². The van der Waals surface area contributed by atoms with Gasteiger partial charge in [-0.25, -0.2) is 19.2 Å². The second-order valence-electron chi connectivity index (χ2n) is 11.5. The van der Waals surface area contributed by atoms with Gasteiger partial charge < -0.3 is 25.1 Å². The first-order valence-electron chi connectivity index (χ1n) is 12.9. The highest BCUT2D eigenvalue weighted by Gasteiger charge is 2.56. The molecule has 3 aromatic heterocycles. The van der Waals surface area contributed by atoms with Crippen LogP contribution in [0.15, 0.2) is 24.5 Å². The average Bonchev–Trinajstić information content (AvgIpc) is 3.16. The third kappa shape index (κ3) is 4.58. The van der Waals surface area contributed by atoms with Crippen molar-refractivity contribution < 1.29 is 18.7 Å². The standard InChI is InChI=1S/C27H31FN8O3/c1-14-30-11-16(12-31-14)38-24-33-22-20(23(34-24)36-7-6-27(13-36)10-19(27)29)17-8-15(28)9-18(21(17)32-22)35(5)25(37)39-26(2,3)4/h8-9,11-12,19H,6-7,10,13,29H2,1-5H3,(H,32,33,34)/t19-,27-/m0/s1. The van der Waals surface area contributed by atoms with E-state index in [0.717, 1.165) is 25.9 Å². The summed E-state index contributed by atoms with van der Waals surface area (Å²) in [5, 5.41) is 1.19. The zero-order chi connectivity index (χ0) is 27.7. The molecule has 4 heterocycles. The van der Waals surface area contributed by atoms with Crippen LogP contribution in [0.25, 0.3) is 21.9 Å².